The minimum absolute atomic E-state index is 0.0159. The van der Waals surface area contributed by atoms with Gasteiger partial charge in [0.05, 0.1) is 4.90 Å². The second-order valence-corrected chi connectivity index (χ2v) is 10.8. The summed E-state index contributed by atoms with van der Waals surface area (Å²) in [5.41, 5.74) is 1.54. The zero-order chi connectivity index (χ0) is 25.6. The van der Waals surface area contributed by atoms with Crippen LogP contribution in [0.25, 0.3) is 0 Å². The molecule has 1 aliphatic heterocycles. The molecule has 2 aromatic rings. The number of amidine groups is 1. The summed E-state index contributed by atoms with van der Waals surface area (Å²) in [5.74, 6) is -0.920. The molecule has 0 radical (unpaired) electrons. The van der Waals surface area contributed by atoms with Gasteiger partial charge in [-0.3, -0.25) is 9.59 Å². The molecule has 9 nitrogen and oxygen atoms in total. The smallest absolute Gasteiger partial charge is 0.248 e. The quantitative estimate of drug-likeness (QED) is 0.222. The Hall–Kier alpha value is -3.24. The lowest BCUT2D eigenvalue weighted by molar-refractivity contribution is -0.139. The Morgan fingerprint density at radius 3 is 2.37 bits per heavy atom. The lowest BCUT2D eigenvalue weighted by Crippen LogP contribution is -2.54. The highest BCUT2D eigenvalue weighted by molar-refractivity contribution is 7.89. The number of hydrogen-bond donors (Lipinski definition) is 3. The van der Waals surface area contributed by atoms with E-state index in [9.17, 15) is 23.2 Å². The summed E-state index contributed by atoms with van der Waals surface area (Å²) in [5, 5.41) is 15.3. The fourth-order valence-corrected chi connectivity index (χ4v) is 5.32. The van der Waals surface area contributed by atoms with Crippen LogP contribution < -0.4 is 10.0 Å². The maximum Gasteiger partial charge on any atom is 0.248 e. The van der Waals surface area contributed by atoms with E-state index in [2.05, 4.69) is 15.2 Å². The van der Waals surface area contributed by atoms with Crippen molar-refractivity contribution < 1.29 is 23.2 Å². The predicted octanol–water partition coefficient (Wildman–Crippen LogP) is 2.63. The fourth-order valence-electron chi connectivity index (χ4n) is 4.10. The van der Waals surface area contributed by atoms with Crippen molar-refractivity contribution in [2.75, 3.05) is 6.54 Å². The van der Waals surface area contributed by atoms with Crippen molar-refractivity contribution in [3.63, 3.8) is 0 Å². The van der Waals surface area contributed by atoms with Crippen LogP contribution in [0.1, 0.15) is 44.2 Å². The molecule has 1 fully saturated rings. The first kappa shape index (κ1) is 26.4. The molecule has 1 aliphatic rings. The van der Waals surface area contributed by atoms with Gasteiger partial charge in [-0.1, -0.05) is 67.0 Å². The van der Waals surface area contributed by atoms with E-state index in [0.29, 0.717) is 24.9 Å². The number of carbonyl (C=O) groups is 2. The highest BCUT2D eigenvalue weighted by atomic mass is 32.2. The molecule has 0 saturated carbocycles. The third-order valence-corrected chi connectivity index (χ3v) is 7.35. The molecule has 35 heavy (non-hydrogen) atoms. The Kier molecular flexibility index (Phi) is 8.63. The van der Waals surface area contributed by atoms with E-state index in [0.717, 1.165) is 5.56 Å². The molecule has 2 amide bonds. The van der Waals surface area contributed by atoms with Gasteiger partial charge >= 0.3 is 0 Å². The van der Waals surface area contributed by atoms with E-state index >= 15 is 0 Å². The summed E-state index contributed by atoms with van der Waals surface area (Å²) in [4.78, 5) is 28.1. The van der Waals surface area contributed by atoms with Crippen molar-refractivity contribution in [3.8, 4) is 0 Å². The molecule has 10 heteroatoms. The molecule has 0 aliphatic carbocycles. The molecule has 2 aromatic carbocycles. The number of hydrogen-bond acceptors (Lipinski definition) is 6. The summed E-state index contributed by atoms with van der Waals surface area (Å²) >= 11 is 0. The van der Waals surface area contributed by atoms with Crippen LogP contribution in [0.15, 0.2) is 64.6 Å². The van der Waals surface area contributed by atoms with Gasteiger partial charge in [-0.05, 0) is 44.2 Å². The minimum atomic E-state index is -3.93. The summed E-state index contributed by atoms with van der Waals surface area (Å²) in [6, 6.07) is 13.1. The molecule has 1 unspecified atom stereocenters. The zero-order valence-electron chi connectivity index (χ0n) is 20.1. The molecular formula is C25H32N4O5S. The van der Waals surface area contributed by atoms with Crippen LogP contribution >= 0.6 is 0 Å². The largest absolute Gasteiger partial charge is 0.409 e. The van der Waals surface area contributed by atoms with Crippen LogP contribution in [-0.2, 0) is 19.6 Å². The number of carbonyl (C=O) groups excluding carboxylic acids is 2. The third-order valence-electron chi connectivity index (χ3n) is 5.86. The number of amides is 2. The standard InChI is InChI=1S/C25H32N4O5S/c1-17(2)16-21(28-35(33,34)20-8-5-4-6-9-20)25(31)29-15-7-10-22(29)24(30)26-23(27-32)19-13-11-18(3)12-14-19/h4-6,8-9,11-14,17,21-22,28,32H,7,10,15-16H2,1-3H3,(H,26,27,30)/t21?,22-/m0/s1. The number of aryl methyl sites for hydroxylation is 1. The van der Waals surface area contributed by atoms with Crippen molar-refractivity contribution in [1.82, 2.24) is 14.9 Å². The van der Waals surface area contributed by atoms with Crippen molar-refractivity contribution in [3.05, 3.63) is 65.7 Å². The average Bonchev–Trinajstić information content (AvgIpc) is 3.32. The monoisotopic (exact) mass is 500 g/mol. The number of nitrogens with one attached hydrogen (secondary N) is 2. The Morgan fingerprint density at radius 2 is 1.77 bits per heavy atom. The molecule has 0 bridgehead atoms. The van der Waals surface area contributed by atoms with E-state index in [4.69, 9.17) is 0 Å². The first-order valence-corrected chi connectivity index (χ1v) is 13.1. The van der Waals surface area contributed by atoms with Crippen molar-refractivity contribution in [1.29, 1.82) is 0 Å². The van der Waals surface area contributed by atoms with E-state index in [1.54, 1.807) is 30.3 Å². The van der Waals surface area contributed by atoms with Gasteiger partial charge in [0.2, 0.25) is 21.8 Å². The lowest BCUT2D eigenvalue weighted by atomic mass is 10.0. The third kappa shape index (κ3) is 6.67. The van der Waals surface area contributed by atoms with E-state index in [1.807, 2.05) is 32.9 Å². The SMILES string of the molecule is Cc1ccc(C(=NO)NC(=O)[C@@H]2CCCN2C(=O)C(CC(C)C)NS(=O)(=O)c2ccccc2)cc1. The normalized spacial score (nSPS) is 17.4. The van der Waals surface area contributed by atoms with Crippen LogP contribution in [-0.4, -0.2) is 54.8 Å². The second kappa shape index (κ2) is 11.5. The second-order valence-electron chi connectivity index (χ2n) is 9.11. The fraction of sp³-hybridized carbons (Fsp3) is 0.400. The average molecular weight is 501 g/mol. The Morgan fingerprint density at radius 1 is 1.11 bits per heavy atom. The van der Waals surface area contributed by atoms with Gasteiger partial charge in [-0.25, -0.2) is 8.42 Å². The number of benzene rings is 2. The molecular weight excluding hydrogens is 468 g/mol. The highest BCUT2D eigenvalue weighted by Gasteiger charge is 2.39. The van der Waals surface area contributed by atoms with Gasteiger partial charge < -0.3 is 15.4 Å². The molecule has 1 saturated heterocycles. The predicted molar refractivity (Wildman–Crippen MR) is 132 cm³/mol. The first-order valence-electron chi connectivity index (χ1n) is 11.6. The van der Waals surface area contributed by atoms with Gasteiger partial charge in [-0.15, -0.1) is 0 Å². The van der Waals surface area contributed by atoms with Gasteiger partial charge in [0.1, 0.15) is 12.1 Å². The maximum atomic E-state index is 13.5. The van der Waals surface area contributed by atoms with Crippen LogP contribution in [0.4, 0.5) is 0 Å². The Bertz CT molecular complexity index is 1160. The number of likely N-dealkylation sites (tertiary alicyclic amines) is 1. The minimum Gasteiger partial charge on any atom is -0.409 e. The molecule has 2 atom stereocenters. The van der Waals surface area contributed by atoms with Gasteiger partial charge in [0.25, 0.3) is 0 Å². The number of nitrogens with zero attached hydrogens (tertiary/aromatic N) is 2. The maximum absolute atomic E-state index is 13.5. The van der Waals surface area contributed by atoms with Gasteiger partial charge in [-0.2, -0.15) is 4.72 Å². The van der Waals surface area contributed by atoms with E-state index in [-0.39, 0.29) is 23.1 Å². The summed E-state index contributed by atoms with van der Waals surface area (Å²) < 4.78 is 28.4. The van der Waals surface area contributed by atoms with Crippen molar-refractivity contribution in [2.24, 2.45) is 11.1 Å². The van der Waals surface area contributed by atoms with Crippen LogP contribution in [0, 0.1) is 12.8 Å². The molecule has 3 N–H and O–H groups in total. The Balaban J connectivity index is 1.78. The number of oxime groups is 1. The molecule has 0 aromatic heterocycles. The van der Waals surface area contributed by atoms with Gasteiger partial charge in [0.15, 0.2) is 5.84 Å². The van der Waals surface area contributed by atoms with Crippen LogP contribution in [0.2, 0.25) is 0 Å². The zero-order valence-corrected chi connectivity index (χ0v) is 21.0. The topological polar surface area (TPSA) is 128 Å². The Labute approximate surface area is 206 Å². The first-order chi connectivity index (χ1) is 16.6. The van der Waals surface area contributed by atoms with Crippen molar-refractivity contribution >= 4 is 27.7 Å². The summed E-state index contributed by atoms with van der Waals surface area (Å²) in [6.45, 7) is 6.04. The molecule has 1 heterocycles. The number of sulfonamides is 1. The summed E-state index contributed by atoms with van der Waals surface area (Å²) in [6.07, 6.45) is 1.30. The van der Waals surface area contributed by atoms with Crippen LogP contribution in [0.5, 0.6) is 0 Å². The number of rotatable bonds is 8. The highest BCUT2D eigenvalue weighted by Crippen LogP contribution is 2.22. The van der Waals surface area contributed by atoms with Crippen molar-refractivity contribution in [2.45, 2.75) is 57.0 Å². The van der Waals surface area contributed by atoms with E-state index in [1.165, 1.54) is 17.0 Å². The van der Waals surface area contributed by atoms with Crippen LogP contribution in [0.3, 0.4) is 0 Å². The lowest BCUT2D eigenvalue weighted by Gasteiger charge is -2.29. The van der Waals surface area contributed by atoms with E-state index < -0.39 is 33.9 Å². The van der Waals surface area contributed by atoms with Gasteiger partial charge in [0, 0.05) is 12.1 Å². The summed E-state index contributed by atoms with van der Waals surface area (Å²) in [7, 11) is -3.93. The molecule has 188 valence electrons. The molecule has 0 spiro atoms. The molecule has 3 rings (SSSR count).